The Bertz CT molecular complexity index is 1180. The molecule has 0 unspecified atom stereocenters. The van der Waals surface area contributed by atoms with E-state index in [1.165, 1.54) is 51.6 Å². The number of aryl methyl sites for hydroxylation is 2. The van der Waals surface area contributed by atoms with Crippen LogP contribution in [-0.4, -0.2) is 0 Å². The highest BCUT2D eigenvalue weighted by Gasteiger charge is 2.46. The standard InChI is InChI=1S/C29H35FN/c1-6-9-10-19-17-20-13-15-31-16-14-29(7-2,8-3)21-11-12-23(30)26-25(21)27(31)24(20)22(18-19)28(26,4)5/h11-13,15,17-18H,6-10,14,16H2,1-5H3/q+1. The van der Waals surface area contributed by atoms with Gasteiger partial charge < -0.3 is 0 Å². The third kappa shape index (κ3) is 2.76. The molecule has 162 valence electrons. The second-order valence-electron chi connectivity index (χ2n) is 10.3. The molecule has 0 saturated carbocycles. The molecule has 0 radical (unpaired) electrons. The molecule has 2 aliphatic rings. The number of pyridine rings is 1. The summed E-state index contributed by atoms with van der Waals surface area (Å²) >= 11 is 0. The minimum absolute atomic E-state index is 0.0556. The predicted molar refractivity (Wildman–Crippen MR) is 127 cm³/mol. The molecule has 2 aromatic carbocycles. The van der Waals surface area contributed by atoms with Gasteiger partial charge in [-0.2, -0.15) is 4.57 Å². The normalized spacial score (nSPS) is 17.6. The monoisotopic (exact) mass is 416 g/mol. The van der Waals surface area contributed by atoms with E-state index < -0.39 is 0 Å². The van der Waals surface area contributed by atoms with Crippen LogP contribution in [0.25, 0.3) is 22.0 Å². The van der Waals surface area contributed by atoms with E-state index in [1.807, 2.05) is 0 Å². The van der Waals surface area contributed by atoms with Crippen molar-refractivity contribution in [3.63, 3.8) is 0 Å². The van der Waals surface area contributed by atoms with Gasteiger partial charge in [0.25, 0.3) is 0 Å². The Kier molecular flexibility index (Phi) is 4.77. The molecule has 1 aliphatic carbocycles. The molecule has 0 bridgehead atoms. The zero-order valence-electron chi connectivity index (χ0n) is 19.7. The number of hydrogen-bond donors (Lipinski definition) is 0. The number of rotatable bonds is 5. The number of unbranched alkanes of at least 4 members (excludes halogenated alkanes) is 1. The lowest BCUT2D eigenvalue weighted by Gasteiger charge is -2.37. The van der Waals surface area contributed by atoms with Crippen LogP contribution in [0.5, 0.6) is 0 Å². The van der Waals surface area contributed by atoms with Crippen LogP contribution in [0.2, 0.25) is 0 Å². The van der Waals surface area contributed by atoms with E-state index in [0.29, 0.717) is 0 Å². The van der Waals surface area contributed by atoms with Crippen LogP contribution in [0.1, 0.15) is 89.0 Å². The Hall–Kier alpha value is -2.22. The average Bonchev–Trinajstić information content (AvgIpc) is 2.91. The van der Waals surface area contributed by atoms with Crippen molar-refractivity contribution in [2.75, 3.05) is 0 Å². The largest absolute Gasteiger partial charge is 0.221 e. The summed E-state index contributed by atoms with van der Waals surface area (Å²) < 4.78 is 18.1. The van der Waals surface area contributed by atoms with Gasteiger partial charge in [0, 0.05) is 28.9 Å². The van der Waals surface area contributed by atoms with Crippen LogP contribution < -0.4 is 4.57 Å². The Morgan fingerprint density at radius 1 is 1.00 bits per heavy atom. The van der Waals surface area contributed by atoms with E-state index in [2.05, 4.69) is 69.6 Å². The summed E-state index contributed by atoms with van der Waals surface area (Å²) in [4.78, 5) is 0. The van der Waals surface area contributed by atoms with Gasteiger partial charge in [0.15, 0.2) is 6.20 Å². The van der Waals surface area contributed by atoms with E-state index in [9.17, 15) is 0 Å². The lowest BCUT2D eigenvalue weighted by atomic mass is 9.64. The number of halogens is 1. The lowest BCUT2D eigenvalue weighted by Crippen LogP contribution is -2.39. The predicted octanol–water partition coefficient (Wildman–Crippen LogP) is 7.38. The molecule has 2 heteroatoms. The third-order valence-corrected chi connectivity index (χ3v) is 8.45. The fraction of sp³-hybridized carbons (Fsp3) is 0.483. The van der Waals surface area contributed by atoms with Crippen LogP contribution in [0.3, 0.4) is 0 Å². The first-order chi connectivity index (χ1) is 14.9. The van der Waals surface area contributed by atoms with E-state index in [1.54, 1.807) is 6.07 Å². The third-order valence-electron chi connectivity index (χ3n) is 8.45. The average molecular weight is 417 g/mol. The fourth-order valence-electron chi connectivity index (χ4n) is 6.45. The first-order valence-electron chi connectivity index (χ1n) is 12.2. The van der Waals surface area contributed by atoms with E-state index in [-0.39, 0.29) is 16.6 Å². The zero-order chi connectivity index (χ0) is 22.0. The summed E-state index contributed by atoms with van der Waals surface area (Å²) in [5.41, 5.74) is 7.12. The van der Waals surface area contributed by atoms with Crippen molar-refractivity contribution in [3.05, 3.63) is 64.6 Å². The minimum atomic E-state index is -0.361. The minimum Gasteiger partial charge on any atom is -0.207 e. The zero-order valence-corrected chi connectivity index (χ0v) is 19.7. The van der Waals surface area contributed by atoms with Crippen molar-refractivity contribution < 1.29 is 8.96 Å². The first kappa shape index (κ1) is 20.7. The highest BCUT2D eigenvalue weighted by molar-refractivity contribution is 6.01. The SMILES string of the molecule is CCCCc1cc2c3c4[n+](ccc3c1)CCC(CC)(CC)c1ccc(F)c(c1-4)C2(C)C. The van der Waals surface area contributed by atoms with Gasteiger partial charge in [0.2, 0.25) is 5.69 Å². The van der Waals surface area contributed by atoms with E-state index >= 15 is 4.39 Å². The molecule has 0 N–H and O–H groups in total. The van der Waals surface area contributed by atoms with Crippen molar-refractivity contribution in [2.45, 2.75) is 90.5 Å². The summed E-state index contributed by atoms with van der Waals surface area (Å²) in [7, 11) is 0. The molecule has 0 atom stereocenters. The molecule has 0 saturated heterocycles. The molecule has 1 nitrogen and oxygen atoms in total. The van der Waals surface area contributed by atoms with Crippen LogP contribution in [0.15, 0.2) is 36.5 Å². The van der Waals surface area contributed by atoms with Crippen molar-refractivity contribution in [3.8, 4) is 11.3 Å². The van der Waals surface area contributed by atoms with Crippen LogP contribution >= 0.6 is 0 Å². The van der Waals surface area contributed by atoms with Crippen molar-refractivity contribution in [1.29, 1.82) is 0 Å². The summed E-state index contributed by atoms with van der Waals surface area (Å²) in [6.07, 6.45) is 8.99. The van der Waals surface area contributed by atoms with Gasteiger partial charge in [-0.25, -0.2) is 4.39 Å². The van der Waals surface area contributed by atoms with Gasteiger partial charge in [-0.15, -0.1) is 0 Å². The van der Waals surface area contributed by atoms with Gasteiger partial charge in [0.1, 0.15) is 12.4 Å². The van der Waals surface area contributed by atoms with E-state index in [0.717, 1.165) is 37.8 Å². The summed E-state index contributed by atoms with van der Waals surface area (Å²) in [5.74, 6) is -0.0556. The van der Waals surface area contributed by atoms with Crippen LogP contribution in [-0.2, 0) is 23.8 Å². The Morgan fingerprint density at radius 3 is 2.48 bits per heavy atom. The van der Waals surface area contributed by atoms with Gasteiger partial charge >= 0.3 is 0 Å². The maximum absolute atomic E-state index is 15.7. The number of benzene rings is 2. The molecule has 0 fully saturated rings. The Labute approximate surface area is 186 Å². The van der Waals surface area contributed by atoms with Crippen molar-refractivity contribution in [2.24, 2.45) is 0 Å². The smallest absolute Gasteiger partial charge is 0.207 e. The van der Waals surface area contributed by atoms with Gasteiger partial charge in [0.05, 0.1) is 10.9 Å². The molecule has 31 heavy (non-hydrogen) atoms. The highest BCUT2D eigenvalue weighted by Crippen LogP contribution is 2.54. The second kappa shape index (κ2) is 7.15. The highest BCUT2D eigenvalue weighted by atomic mass is 19.1. The summed E-state index contributed by atoms with van der Waals surface area (Å²) in [5, 5.41) is 2.65. The van der Waals surface area contributed by atoms with Gasteiger partial charge in [-0.3, -0.25) is 0 Å². The summed E-state index contributed by atoms with van der Waals surface area (Å²) in [6, 6.07) is 10.9. The van der Waals surface area contributed by atoms with Gasteiger partial charge in [-0.05, 0) is 53.8 Å². The second-order valence-corrected chi connectivity index (χ2v) is 10.3. The van der Waals surface area contributed by atoms with Crippen LogP contribution in [0.4, 0.5) is 4.39 Å². The maximum Gasteiger partial charge on any atom is 0.221 e. The van der Waals surface area contributed by atoms with E-state index in [4.69, 9.17) is 0 Å². The lowest BCUT2D eigenvalue weighted by molar-refractivity contribution is -0.685. The van der Waals surface area contributed by atoms with Crippen molar-refractivity contribution >= 4 is 10.8 Å². The Morgan fingerprint density at radius 2 is 1.77 bits per heavy atom. The van der Waals surface area contributed by atoms with Crippen LogP contribution in [0, 0.1) is 5.82 Å². The molecule has 5 rings (SSSR count). The molecular formula is C29H35FN+. The quantitative estimate of drug-likeness (QED) is 0.382. The summed E-state index contributed by atoms with van der Waals surface area (Å²) in [6.45, 7) is 12.3. The molecule has 1 aromatic heterocycles. The molecular weight excluding hydrogens is 381 g/mol. The number of nitrogens with zero attached hydrogens (tertiary/aromatic N) is 1. The Balaban J connectivity index is 1.95. The topological polar surface area (TPSA) is 3.88 Å². The van der Waals surface area contributed by atoms with Gasteiger partial charge in [-0.1, -0.05) is 59.2 Å². The van der Waals surface area contributed by atoms with Crippen molar-refractivity contribution in [1.82, 2.24) is 0 Å². The number of hydrogen-bond acceptors (Lipinski definition) is 0. The maximum atomic E-state index is 15.7. The molecule has 1 aliphatic heterocycles. The molecule has 3 aromatic rings. The fourth-order valence-corrected chi connectivity index (χ4v) is 6.45. The molecule has 0 spiro atoms. The first-order valence-corrected chi connectivity index (χ1v) is 12.2. The molecule has 2 heterocycles. The number of aromatic nitrogens is 1. The molecule has 0 amide bonds.